The van der Waals surface area contributed by atoms with Gasteiger partial charge in [0.15, 0.2) is 0 Å². The Bertz CT molecular complexity index is 684. The first-order valence-corrected chi connectivity index (χ1v) is 7.07. The third-order valence-electron chi connectivity index (χ3n) is 3.38. The highest BCUT2D eigenvalue weighted by Crippen LogP contribution is 2.30. The highest BCUT2D eigenvalue weighted by atomic mass is 19.1. The second kappa shape index (κ2) is 7.02. The molecular formula is C17H19F2N3. The lowest BCUT2D eigenvalue weighted by Gasteiger charge is -2.13. The van der Waals surface area contributed by atoms with E-state index in [1.807, 2.05) is 25.8 Å². The minimum Gasteiger partial charge on any atom is -0.366 e. The van der Waals surface area contributed by atoms with Crippen molar-refractivity contribution in [3.8, 4) is 0 Å². The summed E-state index contributed by atoms with van der Waals surface area (Å²) in [5.41, 5.74) is 2.07. The summed E-state index contributed by atoms with van der Waals surface area (Å²) in [4.78, 5) is 6.17. The van der Waals surface area contributed by atoms with Crippen molar-refractivity contribution in [3.63, 3.8) is 0 Å². The highest BCUT2D eigenvalue weighted by Gasteiger charge is 2.09. The summed E-state index contributed by atoms with van der Waals surface area (Å²) in [6, 6.07) is 8.98. The van der Waals surface area contributed by atoms with Crippen molar-refractivity contribution in [2.75, 3.05) is 18.9 Å². The van der Waals surface area contributed by atoms with Gasteiger partial charge in [0.1, 0.15) is 11.6 Å². The lowest BCUT2D eigenvalue weighted by atomic mass is 10.1. The Kier molecular flexibility index (Phi) is 5.09. The van der Waals surface area contributed by atoms with E-state index in [9.17, 15) is 8.78 Å². The van der Waals surface area contributed by atoms with E-state index in [-0.39, 0.29) is 5.82 Å². The van der Waals surface area contributed by atoms with E-state index >= 15 is 0 Å². The monoisotopic (exact) mass is 303 g/mol. The average Bonchev–Trinajstić information content (AvgIpc) is 2.50. The fourth-order valence-corrected chi connectivity index (χ4v) is 1.88. The van der Waals surface area contributed by atoms with Crippen LogP contribution in [0.3, 0.4) is 0 Å². The summed E-state index contributed by atoms with van der Waals surface area (Å²) in [5, 5.41) is 2.92. The second-order valence-electron chi connectivity index (χ2n) is 5.02. The van der Waals surface area contributed by atoms with Gasteiger partial charge in [0, 0.05) is 19.3 Å². The van der Waals surface area contributed by atoms with Crippen molar-refractivity contribution in [1.29, 1.82) is 0 Å². The molecule has 0 aromatic heterocycles. The molecule has 0 atom stereocenters. The summed E-state index contributed by atoms with van der Waals surface area (Å²) in [7, 11) is 1.89. The van der Waals surface area contributed by atoms with E-state index in [4.69, 9.17) is 0 Å². The van der Waals surface area contributed by atoms with Gasteiger partial charge in [-0.15, -0.1) is 0 Å². The molecule has 0 radical (unpaired) electrons. The molecule has 0 heterocycles. The van der Waals surface area contributed by atoms with Crippen LogP contribution in [-0.4, -0.2) is 24.8 Å². The molecule has 0 saturated carbocycles. The maximum Gasteiger partial charge on any atom is 0.146 e. The molecule has 1 N–H and O–H groups in total. The van der Waals surface area contributed by atoms with Crippen molar-refractivity contribution >= 4 is 23.4 Å². The lowest BCUT2D eigenvalue weighted by Crippen LogP contribution is -2.14. The van der Waals surface area contributed by atoms with Gasteiger partial charge in [0.2, 0.25) is 0 Å². The maximum atomic E-state index is 13.8. The molecule has 0 aliphatic carbocycles. The molecule has 0 spiro atoms. The Morgan fingerprint density at radius 1 is 1.18 bits per heavy atom. The zero-order valence-corrected chi connectivity index (χ0v) is 12.9. The number of nitrogens with zero attached hydrogens (tertiary/aromatic N) is 2. The van der Waals surface area contributed by atoms with Crippen LogP contribution >= 0.6 is 0 Å². The Hall–Kier alpha value is -2.43. The molecule has 116 valence electrons. The first kappa shape index (κ1) is 15.9. The molecule has 0 bridgehead atoms. The van der Waals surface area contributed by atoms with Crippen LogP contribution in [0.25, 0.3) is 0 Å². The van der Waals surface area contributed by atoms with Gasteiger partial charge in [-0.05, 0) is 43.7 Å². The molecule has 3 nitrogen and oxygen atoms in total. The van der Waals surface area contributed by atoms with Crippen molar-refractivity contribution in [3.05, 3.63) is 53.6 Å². The number of hydrogen-bond donors (Lipinski definition) is 1. The zero-order valence-electron chi connectivity index (χ0n) is 12.9. The van der Waals surface area contributed by atoms with Crippen LogP contribution in [0.2, 0.25) is 0 Å². The standard InChI is InChI=1S/C17H19F2N3/c1-4-22(3)11-20-16-9-13(18)10-17(12(16)2)21-15-8-6-5-7-14(15)19/h5-11,21H,4H2,1-3H3/b20-11+. The number of benzene rings is 2. The molecule has 0 unspecified atom stereocenters. The molecular weight excluding hydrogens is 284 g/mol. The molecule has 0 fully saturated rings. The Morgan fingerprint density at radius 3 is 2.59 bits per heavy atom. The van der Waals surface area contributed by atoms with Crippen molar-refractivity contribution < 1.29 is 8.78 Å². The summed E-state index contributed by atoms with van der Waals surface area (Å²) in [5.74, 6) is -0.808. The summed E-state index contributed by atoms with van der Waals surface area (Å²) >= 11 is 0. The van der Waals surface area contributed by atoms with E-state index in [1.54, 1.807) is 24.5 Å². The molecule has 0 aliphatic rings. The normalized spacial score (nSPS) is 11.0. The van der Waals surface area contributed by atoms with Crippen molar-refractivity contribution in [1.82, 2.24) is 4.90 Å². The minimum absolute atomic E-state index is 0.303. The van der Waals surface area contributed by atoms with E-state index in [2.05, 4.69) is 10.3 Å². The SMILES string of the molecule is CCN(C)/C=N/c1cc(F)cc(Nc2ccccc2F)c1C. The number of halogens is 2. The molecule has 0 saturated heterocycles. The van der Waals surface area contributed by atoms with E-state index in [0.29, 0.717) is 17.1 Å². The van der Waals surface area contributed by atoms with Gasteiger partial charge in [-0.3, -0.25) is 0 Å². The Morgan fingerprint density at radius 2 is 1.91 bits per heavy atom. The molecule has 2 rings (SSSR count). The largest absolute Gasteiger partial charge is 0.366 e. The van der Waals surface area contributed by atoms with E-state index < -0.39 is 5.82 Å². The van der Waals surface area contributed by atoms with Gasteiger partial charge in [-0.1, -0.05) is 12.1 Å². The van der Waals surface area contributed by atoms with Gasteiger partial charge in [-0.2, -0.15) is 0 Å². The summed E-state index contributed by atoms with van der Waals surface area (Å²) in [6.45, 7) is 4.62. The van der Waals surface area contributed by atoms with Gasteiger partial charge < -0.3 is 10.2 Å². The molecule has 0 amide bonds. The minimum atomic E-state index is -0.421. The van der Waals surface area contributed by atoms with Crippen LogP contribution < -0.4 is 5.32 Å². The summed E-state index contributed by atoms with van der Waals surface area (Å²) < 4.78 is 27.5. The molecule has 22 heavy (non-hydrogen) atoms. The third kappa shape index (κ3) is 3.81. The van der Waals surface area contributed by atoms with Crippen LogP contribution in [0.15, 0.2) is 41.4 Å². The molecule has 2 aromatic rings. The lowest BCUT2D eigenvalue weighted by molar-refractivity contribution is 0.552. The topological polar surface area (TPSA) is 27.6 Å². The predicted molar refractivity (Wildman–Crippen MR) is 87.3 cm³/mol. The molecule has 5 heteroatoms. The number of hydrogen-bond acceptors (Lipinski definition) is 2. The average molecular weight is 303 g/mol. The van der Waals surface area contributed by atoms with E-state index in [1.165, 1.54) is 18.2 Å². The van der Waals surface area contributed by atoms with Crippen LogP contribution in [0, 0.1) is 18.6 Å². The first-order chi connectivity index (χ1) is 10.5. The summed E-state index contributed by atoms with van der Waals surface area (Å²) in [6.07, 6.45) is 1.65. The van der Waals surface area contributed by atoms with Crippen LogP contribution in [0.4, 0.5) is 25.8 Å². The first-order valence-electron chi connectivity index (χ1n) is 7.07. The Balaban J connectivity index is 2.35. The molecule has 2 aromatic carbocycles. The number of para-hydroxylation sites is 1. The smallest absolute Gasteiger partial charge is 0.146 e. The van der Waals surface area contributed by atoms with E-state index in [0.717, 1.165) is 12.1 Å². The second-order valence-corrected chi connectivity index (χ2v) is 5.02. The number of rotatable bonds is 5. The van der Waals surface area contributed by atoms with Crippen molar-refractivity contribution in [2.24, 2.45) is 4.99 Å². The van der Waals surface area contributed by atoms with Gasteiger partial charge in [-0.25, -0.2) is 13.8 Å². The van der Waals surface area contributed by atoms with Gasteiger partial charge in [0.05, 0.1) is 17.7 Å². The quantitative estimate of drug-likeness (QED) is 0.644. The van der Waals surface area contributed by atoms with Crippen molar-refractivity contribution in [2.45, 2.75) is 13.8 Å². The zero-order chi connectivity index (χ0) is 16.1. The highest BCUT2D eigenvalue weighted by molar-refractivity contribution is 5.72. The predicted octanol–water partition coefficient (Wildman–Crippen LogP) is 4.63. The van der Waals surface area contributed by atoms with Crippen LogP contribution in [0.1, 0.15) is 12.5 Å². The fourth-order valence-electron chi connectivity index (χ4n) is 1.88. The molecule has 0 aliphatic heterocycles. The number of anilines is 2. The maximum absolute atomic E-state index is 13.8. The fraction of sp³-hybridized carbons (Fsp3) is 0.235. The van der Waals surface area contributed by atoms with Crippen LogP contribution in [-0.2, 0) is 0 Å². The number of nitrogens with one attached hydrogen (secondary N) is 1. The van der Waals surface area contributed by atoms with Crippen LogP contribution in [0.5, 0.6) is 0 Å². The third-order valence-corrected chi connectivity index (χ3v) is 3.38. The number of aliphatic imine (C=N–C) groups is 1. The Labute approximate surface area is 129 Å². The van der Waals surface area contributed by atoms with Gasteiger partial charge in [0.25, 0.3) is 0 Å². The van der Waals surface area contributed by atoms with Gasteiger partial charge >= 0.3 is 0 Å².